The van der Waals surface area contributed by atoms with Gasteiger partial charge in [-0.1, -0.05) is 36.4 Å². The van der Waals surface area contributed by atoms with Gasteiger partial charge in [-0.15, -0.1) is 11.3 Å². The minimum absolute atomic E-state index is 0.0462. The average Bonchev–Trinajstić information content (AvgIpc) is 3.03. The molecule has 2 heterocycles. The van der Waals surface area contributed by atoms with Gasteiger partial charge >= 0.3 is 5.97 Å². The van der Waals surface area contributed by atoms with E-state index in [2.05, 4.69) is 10.6 Å². The molecule has 0 spiro atoms. The predicted octanol–water partition coefficient (Wildman–Crippen LogP) is 3.15. The van der Waals surface area contributed by atoms with Crippen molar-refractivity contribution in [3.63, 3.8) is 0 Å². The highest BCUT2D eigenvalue weighted by Crippen LogP contribution is 2.34. The third-order valence-electron chi connectivity index (χ3n) is 3.42. The van der Waals surface area contributed by atoms with E-state index in [0.717, 1.165) is 21.7 Å². The Hall–Kier alpha value is -2.18. The van der Waals surface area contributed by atoms with Crippen molar-refractivity contribution in [1.82, 2.24) is 10.6 Å². The van der Waals surface area contributed by atoms with Crippen LogP contribution in [0.15, 0.2) is 53.4 Å². The zero-order chi connectivity index (χ0) is 15.5. The molecule has 1 aromatic carbocycles. The van der Waals surface area contributed by atoms with E-state index in [0.29, 0.717) is 5.11 Å². The molecule has 22 heavy (non-hydrogen) atoms. The van der Waals surface area contributed by atoms with Crippen LogP contribution in [-0.4, -0.2) is 16.2 Å². The van der Waals surface area contributed by atoms with Crippen molar-refractivity contribution in [2.45, 2.75) is 12.5 Å². The molecule has 0 radical (unpaired) electrons. The fourth-order valence-corrected chi connectivity index (χ4v) is 3.54. The third kappa shape index (κ3) is 3.03. The topological polar surface area (TPSA) is 61.4 Å². The predicted molar refractivity (Wildman–Crippen MR) is 91.5 cm³/mol. The van der Waals surface area contributed by atoms with Crippen LogP contribution in [0.4, 0.5) is 0 Å². The van der Waals surface area contributed by atoms with Gasteiger partial charge in [-0.3, -0.25) is 4.79 Å². The summed E-state index contributed by atoms with van der Waals surface area (Å²) in [6, 6.07) is 13.4. The van der Waals surface area contributed by atoms with Crippen LogP contribution in [0.2, 0.25) is 0 Å². The number of thiocarbonyl (C=S) groups is 1. The quantitative estimate of drug-likeness (QED) is 0.752. The normalized spacial score (nSPS) is 17.8. The van der Waals surface area contributed by atoms with Crippen molar-refractivity contribution in [1.29, 1.82) is 0 Å². The lowest BCUT2D eigenvalue weighted by atomic mass is 9.94. The second kappa shape index (κ2) is 6.29. The fraction of sp³-hybridized carbons (Fsp3) is 0.125. The van der Waals surface area contributed by atoms with E-state index in [1.54, 1.807) is 11.3 Å². The van der Waals surface area contributed by atoms with E-state index in [4.69, 9.17) is 12.2 Å². The zero-order valence-electron chi connectivity index (χ0n) is 11.6. The van der Waals surface area contributed by atoms with Crippen molar-refractivity contribution in [2.75, 3.05) is 0 Å². The number of thiophene rings is 1. The highest BCUT2D eigenvalue weighted by Gasteiger charge is 2.29. The molecule has 1 aromatic heterocycles. The smallest absolute Gasteiger partial charge is 0.307 e. The number of hydrogen-bond donors (Lipinski definition) is 3. The molecule has 1 unspecified atom stereocenters. The Balaban J connectivity index is 2.13. The first kappa shape index (κ1) is 14.7. The van der Waals surface area contributed by atoms with Gasteiger partial charge in [-0.05, 0) is 34.8 Å². The second-order valence-corrected chi connectivity index (χ2v) is 6.27. The van der Waals surface area contributed by atoms with Gasteiger partial charge < -0.3 is 15.7 Å². The van der Waals surface area contributed by atoms with Gasteiger partial charge in [0.2, 0.25) is 0 Å². The van der Waals surface area contributed by atoms with Crippen molar-refractivity contribution >= 4 is 40.3 Å². The minimum atomic E-state index is -0.860. The number of carbonyl (C=O) groups is 1. The Labute approximate surface area is 137 Å². The van der Waals surface area contributed by atoms with Gasteiger partial charge in [0.25, 0.3) is 0 Å². The minimum Gasteiger partial charge on any atom is -0.481 e. The van der Waals surface area contributed by atoms with Crippen LogP contribution >= 0.6 is 23.6 Å². The molecule has 2 aromatic rings. The monoisotopic (exact) mass is 330 g/mol. The van der Waals surface area contributed by atoms with E-state index >= 15 is 0 Å². The van der Waals surface area contributed by atoms with Crippen molar-refractivity contribution in [3.05, 3.63) is 63.9 Å². The van der Waals surface area contributed by atoms with Crippen LogP contribution in [0.25, 0.3) is 5.70 Å². The van der Waals surface area contributed by atoms with Crippen molar-refractivity contribution in [3.8, 4) is 0 Å². The third-order valence-corrected chi connectivity index (χ3v) is 4.57. The maximum atomic E-state index is 11.3. The molecule has 0 saturated carbocycles. The van der Waals surface area contributed by atoms with E-state index in [1.165, 1.54) is 0 Å². The average molecular weight is 330 g/mol. The molecule has 112 valence electrons. The van der Waals surface area contributed by atoms with Gasteiger partial charge in [-0.25, -0.2) is 0 Å². The first-order chi connectivity index (χ1) is 10.6. The van der Waals surface area contributed by atoms with Crippen LogP contribution in [-0.2, 0) is 4.79 Å². The lowest BCUT2D eigenvalue weighted by Crippen LogP contribution is -2.43. The first-order valence-electron chi connectivity index (χ1n) is 6.76. The summed E-state index contributed by atoms with van der Waals surface area (Å²) in [7, 11) is 0. The van der Waals surface area contributed by atoms with E-state index in [-0.39, 0.29) is 12.5 Å². The highest BCUT2D eigenvalue weighted by atomic mass is 32.1. The highest BCUT2D eigenvalue weighted by molar-refractivity contribution is 7.80. The molecular formula is C16H14N2O2S2. The van der Waals surface area contributed by atoms with E-state index in [1.807, 2.05) is 47.8 Å². The summed E-state index contributed by atoms with van der Waals surface area (Å²) in [5.41, 5.74) is 2.50. The number of hydrogen-bond acceptors (Lipinski definition) is 3. The molecule has 3 N–H and O–H groups in total. The molecule has 1 aliphatic rings. The summed E-state index contributed by atoms with van der Waals surface area (Å²) in [6.07, 6.45) is -0.0462. The Morgan fingerprint density at radius 3 is 2.64 bits per heavy atom. The summed E-state index contributed by atoms with van der Waals surface area (Å²) >= 11 is 6.88. The maximum Gasteiger partial charge on any atom is 0.307 e. The largest absolute Gasteiger partial charge is 0.481 e. The van der Waals surface area contributed by atoms with Crippen LogP contribution in [0.1, 0.15) is 22.9 Å². The number of rotatable bonds is 4. The lowest BCUT2D eigenvalue weighted by molar-refractivity contribution is -0.136. The number of carboxylic acids is 1. The molecular weight excluding hydrogens is 316 g/mol. The van der Waals surface area contributed by atoms with Crippen LogP contribution in [0, 0.1) is 0 Å². The van der Waals surface area contributed by atoms with Crippen LogP contribution < -0.4 is 10.6 Å². The SMILES string of the molecule is O=C(O)CC1=C(c2ccccc2)NC(=S)NC1c1cccs1. The van der Waals surface area contributed by atoms with E-state index in [9.17, 15) is 9.90 Å². The number of aliphatic carboxylic acids is 1. The molecule has 4 nitrogen and oxygen atoms in total. The molecule has 1 atom stereocenters. The summed E-state index contributed by atoms with van der Waals surface area (Å²) in [5, 5.41) is 18.1. The van der Waals surface area contributed by atoms with Crippen molar-refractivity contribution in [2.24, 2.45) is 0 Å². The Bertz CT molecular complexity index is 724. The Kier molecular flexibility index (Phi) is 4.22. The standard InChI is InChI=1S/C16H14N2O2S2/c19-13(20)9-11-14(10-5-2-1-3-6-10)17-16(21)18-15(11)12-7-4-8-22-12/h1-8,15H,9H2,(H,19,20)(H2,17,18,21). The molecule has 0 fully saturated rings. The van der Waals surface area contributed by atoms with Crippen LogP contribution in [0.5, 0.6) is 0 Å². The van der Waals surface area contributed by atoms with Crippen molar-refractivity contribution < 1.29 is 9.90 Å². The molecule has 0 saturated heterocycles. The van der Waals surface area contributed by atoms with Gasteiger partial charge in [0.05, 0.1) is 12.5 Å². The lowest BCUT2D eigenvalue weighted by Gasteiger charge is -2.31. The first-order valence-corrected chi connectivity index (χ1v) is 8.05. The number of benzene rings is 1. The van der Waals surface area contributed by atoms with E-state index < -0.39 is 5.97 Å². The molecule has 0 bridgehead atoms. The molecule has 0 amide bonds. The molecule has 3 rings (SSSR count). The van der Waals surface area contributed by atoms with Gasteiger partial charge in [0, 0.05) is 10.6 Å². The summed E-state index contributed by atoms with van der Waals surface area (Å²) in [6.45, 7) is 0. The summed E-state index contributed by atoms with van der Waals surface area (Å²) in [4.78, 5) is 12.4. The fourth-order valence-electron chi connectivity index (χ4n) is 2.51. The van der Waals surface area contributed by atoms with Crippen LogP contribution in [0.3, 0.4) is 0 Å². The zero-order valence-corrected chi connectivity index (χ0v) is 13.2. The molecule has 0 aliphatic carbocycles. The number of carboxylic acid groups (broad SMARTS) is 1. The molecule has 1 aliphatic heterocycles. The second-order valence-electron chi connectivity index (χ2n) is 4.88. The summed E-state index contributed by atoms with van der Waals surface area (Å²) in [5.74, 6) is -0.860. The van der Waals surface area contributed by atoms with Gasteiger partial charge in [0.1, 0.15) is 0 Å². The maximum absolute atomic E-state index is 11.3. The van der Waals surface area contributed by atoms with Gasteiger partial charge in [0.15, 0.2) is 5.11 Å². The Morgan fingerprint density at radius 2 is 2.00 bits per heavy atom. The summed E-state index contributed by atoms with van der Waals surface area (Å²) < 4.78 is 0. The Morgan fingerprint density at radius 1 is 1.23 bits per heavy atom. The number of nitrogens with one attached hydrogen (secondary N) is 2. The van der Waals surface area contributed by atoms with Gasteiger partial charge in [-0.2, -0.15) is 0 Å². The molecule has 6 heteroatoms.